The van der Waals surface area contributed by atoms with Gasteiger partial charge >= 0.3 is 12.2 Å². The average Bonchev–Trinajstić information content (AvgIpc) is 3.16. The van der Waals surface area contributed by atoms with Crippen LogP contribution in [-0.2, 0) is 30.3 Å². The molecule has 33 heavy (non-hydrogen) atoms. The molecule has 178 valence electrons. The Morgan fingerprint density at radius 2 is 2.00 bits per heavy atom. The number of benzene rings is 1. The number of anilines is 1. The minimum atomic E-state index is -1.02. The van der Waals surface area contributed by atoms with E-state index in [1.54, 1.807) is 13.8 Å². The number of aromatic nitrogens is 1. The van der Waals surface area contributed by atoms with Crippen LogP contribution in [0.15, 0.2) is 24.4 Å². The van der Waals surface area contributed by atoms with Crippen molar-refractivity contribution >= 4 is 40.5 Å². The summed E-state index contributed by atoms with van der Waals surface area (Å²) in [4.78, 5) is 45.3. The number of ketones is 1. The minimum Gasteiger partial charge on any atom is -0.461 e. The van der Waals surface area contributed by atoms with Crippen LogP contribution in [0.4, 0.5) is 5.69 Å². The fourth-order valence-corrected chi connectivity index (χ4v) is 3.35. The van der Waals surface area contributed by atoms with Gasteiger partial charge in [0.05, 0.1) is 16.4 Å². The number of fused-ring (bicyclic) bond motifs is 1. The number of hydrogen-bond donors (Lipinski definition) is 3. The van der Waals surface area contributed by atoms with E-state index < -0.39 is 29.8 Å². The Kier molecular flexibility index (Phi) is 9.32. The SMILES string of the molecule is CO[C@@H](Cc1c[nH]c2ccc(N(C)C)cc12)C(=O)N[C@@H](CCC(=O)C=[N+]=N)C(=O)OC(C)C. The fraction of sp³-hybridized carbons (Fsp3) is 0.478. The molecule has 1 aromatic heterocycles. The fourth-order valence-electron chi connectivity index (χ4n) is 3.35. The van der Waals surface area contributed by atoms with Gasteiger partial charge in [-0.05, 0) is 44.0 Å². The number of Topliss-reactive ketones (excluding diaryl/α,β-unsaturated/α-hetero) is 1. The van der Waals surface area contributed by atoms with E-state index in [4.69, 9.17) is 15.0 Å². The topological polar surface area (TPSA) is 139 Å². The molecule has 0 unspecified atom stereocenters. The summed E-state index contributed by atoms with van der Waals surface area (Å²) in [6.45, 7) is 3.40. The molecule has 0 aliphatic carbocycles. The molecule has 0 radical (unpaired) electrons. The normalized spacial score (nSPS) is 12.7. The Labute approximate surface area is 192 Å². The predicted molar refractivity (Wildman–Crippen MR) is 124 cm³/mol. The molecule has 0 aliphatic heterocycles. The zero-order chi connectivity index (χ0) is 24.5. The summed E-state index contributed by atoms with van der Waals surface area (Å²) in [6.07, 6.45) is 1.72. The quantitative estimate of drug-likeness (QED) is 0.192. The molecule has 1 aromatic carbocycles. The van der Waals surface area contributed by atoms with Crippen LogP contribution >= 0.6 is 0 Å². The number of methoxy groups -OCH3 is 1. The molecule has 0 saturated heterocycles. The van der Waals surface area contributed by atoms with Gasteiger partial charge in [0, 0.05) is 56.8 Å². The first-order chi connectivity index (χ1) is 15.7. The van der Waals surface area contributed by atoms with Crippen molar-refractivity contribution in [3.63, 3.8) is 0 Å². The lowest BCUT2D eigenvalue weighted by molar-refractivity contribution is -0.152. The van der Waals surface area contributed by atoms with Gasteiger partial charge in [0.2, 0.25) is 11.7 Å². The highest BCUT2D eigenvalue weighted by Gasteiger charge is 2.28. The van der Waals surface area contributed by atoms with Crippen molar-refractivity contribution in [2.24, 2.45) is 0 Å². The molecule has 10 nitrogen and oxygen atoms in total. The zero-order valence-corrected chi connectivity index (χ0v) is 19.7. The van der Waals surface area contributed by atoms with Crippen molar-refractivity contribution in [2.75, 3.05) is 26.1 Å². The Hall–Kier alpha value is -3.49. The number of rotatable bonds is 12. The Balaban J connectivity index is 2.17. The Morgan fingerprint density at radius 1 is 1.27 bits per heavy atom. The standard InChI is InChI=1S/C23H31N5O5/c1-14(2)33-23(31)20(9-7-17(29)13-26-24)27-22(30)21(32-5)10-15-12-25-19-8-6-16(28(3)4)11-18(15)19/h6,8,11-14,20-21,24-25H,7,9-10H2,1-5H3/p+1/t20-,21-/m0/s1. The van der Waals surface area contributed by atoms with E-state index in [-0.39, 0.29) is 25.4 Å². The number of ether oxygens (including phenoxy) is 2. The maximum atomic E-state index is 13.0. The Bertz CT molecular complexity index is 1040. The zero-order valence-electron chi connectivity index (χ0n) is 19.7. The highest BCUT2D eigenvalue weighted by atomic mass is 16.5. The van der Waals surface area contributed by atoms with Gasteiger partial charge in [-0.15, -0.1) is 0 Å². The third-order valence-electron chi connectivity index (χ3n) is 5.09. The molecule has 10 heteroatoms. The molecule has 1 amide bonds. The third kappa shape index (κ3) is 7.27. The molecule has 2 rings (SSSR count). The lowest BCUT2D eigenvalue weighted by atomic mass is 10.0. The minimum absolute atomic E-state index is 0.0257. The van der Waals surface area contributed by atoms with Crippen molar-refractivity contribution in [3.8, 4) is 0 Å². The van der Waals surface area contributed by atoms with E-state index in [9.17, 15) is 14.4 Å². The summed E-state index contributed by atoms with van der Waals surface area (Å²) in [6, 6.07) is 4.99. The first-order valence-electron chi connectivity index (χ1n) is 10.7. The second kappa shape index (κ2) is 11.9. The van der Waals surface area contributed by atoms with E-state index in [2.05, 4.69) is 15.1 Å². The molecule has 0 bridgehead atoms. The second-order valence-corrected chi connectivity index (χ2v) is 8.18. The number of carbonyl (C=O) groups excluding carboxylic acids is 3. The first kappa shape index (κ1) is 25.8. The van der Waals surface area contributed by atoms with Crippen molar-refractivity contribution in [1.82, 2.24) is 10.3 Å². The molecular weight excluding hydrogens is 426 g/mol. The number of esters is 1. The highest BCUT2D eigenvalue weighted by Crippen LogP contribution is 2.25. The largest absolute Gasteiger partial charge is 0.461 e. The lowest BCUT2D eigenvalue weighted by Gasteiger charge is -2.22. The molecule has 2 aromatic rings. The molecule has 1 heterocycles. The van der Waals surface area contributed by atoms with Crippen LogP contribution in [0.5, 0.6) is 0 Å². The summed E-state index contributed by atoms with van der Waals surface area (Å²) < 4.78 is 10.7. The second-order valence-electron chi connectivity index (χ2n) is 8.18. The van der Waals surface area contributed by atoms with Crippen molar-refractivity contribution in [2.45, 2.75) is 51.4 Å². The van der Waals surface area contributed by atoms with Crippen LogP contribution in [0.2, 0.25) is 0 Å². The molecule has 0 saturated carbocycles. The molecular formula is C23H32N5O5+. The summed E-state index contributed by atoms with van der Waals surface area (Å²) in [5.74, 6) is -1.53. The number of amides is 1. The van der Waals surface area contributed by atoms with Crippen LogP contribution < -0.4 is 10.2 Å². The maximum absolute atomic E-state index is 13.0. The monoisotopic (exact) mass is 458 g/mol. The van der Waals surface area contributed by atoms with E-state index in [0.29, 0.717) is 0 Å². The van der Waals surface area contributed by atoms with Crippen LogP contribution in [0.3, 0.4) is 0 Å². The molecule has 2 atom stereocenters. The van der Waals surface area contributed by atoms with E-state index in [1.807, 2.05) is 43.4 Å². The number of nitrogens with one attached hydrogen (secondary N) is 3. The lowest BCUT2D eigenvalue weighted by Crippen LogP contribution is -2.48. The van der Waals surface area contributed by atoms with Crippen LogP contribution in [0.25, 0.3) is 10.9 Å². The molecule has 0 fully saturated rings. The summed E-state index contributed by atoms with van der Waals surface area (Å²) in [7, 11) is 5.34. The van der Waals surface area contributed by atoms with Crippen molar-refractivity contribution in [3.05, 3.63) is 30.0 Å². The highest BCUT2D eigenvalue weighted by molar-refractivity contribution is 6.25. The third-order valence-corrected chi connectivity index (χ3v) is 5.09. The van der Waals surface area contributed by atoms with E-state index in [1.165, 1.54) is 7.11 Å². The summed E-state index contributed by atoms with van der Waals surface area (Å²) in [5, 5.41) is 3.64. The average molecular weight is 459 g/mol. The number of carbonyl (C=O) groups is 3. The molecule has 0 aliphatic rings. The number of H-pyrrole nitrogens is 1. The first-order valence-corrected chi connectivity index (χ1v) is 10.7. The van der Waals surface area contributed by atoms with Gasteiger partial charge in [0.25, 0.3) is 0 Å². The van der Waals surface area contributed by atoms with Gasteiger partial charge in [0.1, 0.15) is 12.1 Å². The van der Waals surface area contributed by atoms with E-state index in [0.717, 1.165) is 28.4 Å². The number of hydrogen-bond acceptors (Lipinski definition) is 7. The van der Waals surface area contributed by atoms with E-state index >= 15 is 0 Å². The van der Waals surface area contributed by atoms with Gasteiger partial charge in [-0.25, -0.2) is 4.79 Å². The Morgan fingerprint density at radius 3 is 2.61 bits per heavy atom. The van der Waals surface area contributed by atoms with Crippen LogP contribution in [0.1, 0.15) is 32.3 Å². The van der Waals surface area contributed by atoms with Gasteiger partial charge in [-0.1, -0.05) is 0 Å². The van der Waals surface area contributed by atoms with Crippen LogP contribution in [0, 0.1) is 5.53 Å². The van der Waals surface area contributed by atoms with Gasteiger partial charge in [0.15, 0.2) is 0 Å². The number of aromatic amines is 1. The van der Waals surface area contributed by atoms with Crippen LogP contribution in [-0.4, -0.2) is 73.1 Å². The summed E-state index contributed by atoms with van der Waals surface area (Å²) >= 11 is 0. The van der Waals surface area contributed by atoms with Gasteiger partial charge in [-0.3, -0.25) is 9.59 Å². The van der Waals surface area contributed by atoms with Crippen molar-refractivity contribution < 1.29 is 28.6 Å². The van der Waals surface area contributed by atoms with Gasteiger partial charge in [-0.2, -0.15) is 0 Å². The van der Waals surface area contributed by atoms with Crippen molar-refractivity contribution in [1.29, 1.82) is 5.53 Å². The van der Waals surface area contributed by atoms with Gasteiger partial charge < -0.3 is 24.7 Å². The smallest absolute Gasteiger partial charge is 0.372 e. The maximum Gasteiger partial charge on any atom is 0.372 e. The molecule has 3 N–H and O–H groups in total. The summed E-state index contributed by atoms with van der Waals surface area (Å²) in [5.41, 5.74) is 9.62. The predicted octanol–water partition coefficient (Wildman–Crippen LogP) is 1.89. The number of nitrogens with zero attached hydrogens (tertiary/aromatic N) is 2. The molecule has 0 spiro atoms.